The average Bonchev–Trinajstić information content (AvgIpc) is 2.30. The summed E-state index contributed by atoms with van der Waals surface area (Å²) in [4.78, 5) is 21.7. The van der Waals surface area contributed by atoms with Gasteiger partial charge in [0.05, 0.1) is 6.61 Å². The van der Waals surface area contributed by atoms with Crippen molar-refractivity contribution in [2.75, 3.05) is 6.61 Å². The van der Waals surface area contributed by atoms with E-state index in [1.165, 1.54) is 0 Å². The van der Waals surface area contributed by atoms with E-state index in [0.29, 0.717) is 19.4 Å². The molecule has 0 aromatic carbocycles. The molecule has 0 atom stereocenters. The molecule has 0 aliphatic carbocycles. The number of carbonyl (C=O) groups is 2. The van der Waals surface area contributed by atoms with Crippen molar-refractivity contribution in [3.05, 3.63) is 0 Å². The number of hydrogen-bond acceptors (Lipinski definition) is 4. The van der Waals surface area contributed by atoms with Gasteiger partial charge in [-0.25, -0.2) is 0 Å². The number of carbonyl (C=O) groups excluding carboxylic acids is 2. The fraction of sp³-hybridized carbons (Fsp3) is 0.867. The van der Waals surface area contributed by atoms with Gasteiger partial charge in [-0.2, -0.15) is 0 Å². The van der Waals surface area contributed by atoms with E-state index in [9.17, 15) is 14.7 Å². The minimum atomic E-state index is -1.11. The lowest BCUT2D eigenvalue weighted by Crippen LogP contribution is -2.22. The lowest BCUT2D eigenvalue weighted by atomic mass is 10.1. The van der Waals surface area contributed by atoms with E-state index in [0.717, 1.165) is 38.1 Å². The van der Waals surface area contributed by atoms with E-state index in [1.54, 1.807) is 0 Å². The highest BCUT2D eigenvalue weighted by Crippen LogP contribution is 2.10. The Labute approximate surface area is 123 Å². The fourth-order valence-electron chi connectivity index (χ4n) is 1.79. The first-order valence-corrected chi connectivity index (χ1v) is 11.4. The molecule has 0 radical (unpaired) electrons. The highest BCUT2D eigenvalue weighted by atomic mass is 28.3. The molecule has 0 saturated heterocycles. The van der Waals surface area contributed by atoms with Crippen molar-refractivity contribution in [2.24, 2.45) is 0 Å². The summed E-state index contributed by atoms with van der Waals surface area (Å²) in [5.74, 6) is -1.05. The molecule has 0 saturated carbocycles. The number of esters is 1. The first kappa shape index (κ1) is 19.2. The second-order valence-corrected chi connectivity index (χ2v) is 12.1. The molecule has 0 fully saturated rings. The first-order chi connectivity index (χ1) is 9.31. The van der Waals surface area contributed by atoms with Crippen molar-refractivity contribution in [3.8, 4) is 0 Å². The molecule has 0 heterocycles. The van der Waals surface area contributed by atoms with Crippen LogP contribution in [0, 0.1) is 0 Å². The van der Waals surface area contributed by atoms with Crippen molar-refractivity contribution in [3.63, 3.8) is 0 Å². The number of unbranched alkanes of at least 4 members (excludes halogenated alkanes) is 5. The summed E-state index contributed by atoms with van der Waals surface area (Å²) in [5.41, 5.74) is 0. The Morgan fingerprint density at radius 3 is 1.90 bits per heavy atom. The third-order valence-electron chi connectivity index (χ3n) is 3.13. The summed E-state index contributed by atoms with van der Waals surface area (Å²) >= 11 is 0. The van der Waals surface area contributed by atoms with E-state index >= 15 is 0 Å². The van der Waals surface area contributed by atoms with Crippen molar-refractivity contribution >= 4 is 20.0 Å². The monoisotopic (exact) mass is 301 g/mol. The number of aliphatic carboxylic acids is 1. The van der Waals surface area contributed by atoms with Crippen LogP contribution in [0.1, 0.15) is 51.4 Å². The van der Waals surface area contributed by atoms with Crippen LogP contribution in [0.25, 0.3) is 0 Å². The Hall–Kier alpha value is -0.843. The zero-order chi connectivity index (χ0) is 15.4. The summed E-state index contributed by atoms with van der Waals surface area (Å²) in [7, 11) is -1.11. The van der Waals surface area contributed by atoms with Crippen molar-refractivity contribution < 1.29 is 19.4 Å². The van der Waals surface area contributed by atoms with Gasteiger partial charge in [-0.1, -0.05) is 45.3 Å². The average molecular weight is 301 g/mol. The fourth-order valence-corrected chi connectivity index (χ4v) is 2.50. The van der Waals surface area contributed by atoms with Gasteiger partial charge in [0.1, 0.15) is 0 Å². The maximum Gasteiger partial charge on any atom is 0.305 e. The summed E-state index contributed by atoms with van der Waals surface area (Å²) in [6.45, 7) is 7.36. The summed E-state index contributed by atoms with van der Waals surface area (Å²) in [6.07, 6.45) is 6.23. The van der Waals surface area contributed by atoms with Crippen LogP contribution in [0.15, 0.2) is 0 Å². The lowest BCUT2D eigenvalue weighted by molar-refractivity contribution is -0.305. The molecule has 20 heavy (non-hydrogen) atoms. The molecule has 0 aliphatic rings. The molecule has 0 spiro atoms. The minimum Gasteiger partial charge on any atom is -0.550 e. The molecule has 0 unspecified atom stereocenters. The summed E-state index contributed by atoms with van der Waals surface area (Å²) < 4.78 is 5.21. The zero-order valence-electron chi connectivity index (χ0n) is 13.2. The molecular formula is C15H29O4Si-. The maximum absolute atomic E-state index is 11.5. The molecule has 0 N–H and O–H groups in total. The van der Waals surface area contributed by atoms with Gasteiger partial charge in [-0.15, -0.1) is 0 Å². The Kier molecular flexibility index (Phi) is 10.4. The molecule has 0 amide bonds. The third-order valence-corrected chi connectivity index (χ3v) is 4.83. The highest BCUT2D eigenvalue weighted by Gasteiger charge is 2.13. The van der Waals surface area contributed by atoms with E-state index in [1.807, 2.05) is 0 Å². The standard InChI is InChI=1S/C15H30O4Si/c1-20(2,3)13-12-19-15(18)11-9-7-5-4-6-8-10-14(16)17/h4-13H2,1-3H3,(H,16,17)/p-1. The van der Waals surface area contributed by atoms with E-state index < -0.39 is 14.0 Å². The van der Waals surface area contributed by atoms with Gasteiger partial charge in [0.2, 0.25) is 0 Å². The van der Waals surface area contributed by atoms with Crippen molar-refractivity contribution in [1.82, 2.24) is 0 Å². The number of carboxylic acids is 1. The largest absolute Gasteiger partial charge is 0.550 e. The van der Waals surface area contributed by atoms with Crippen LogP contribution in [0.4, 0.5) is 0 Å². The van der Waals surface area contributed by atoms with Gasteiger partial charge in [-0.3, -0.25) is 4.79 Å². The molecule has 5 heteroatoms. The van der Waals surface area contributed by atoms with Gasteiger partial charge in [0, 0.05) is 20.5 Å². The van der Waals surface area contributed by atoms with Crippen LogP contribution in [-0.4, -0.2) is 26.6 Å². The lowest BCUT2D eigenvalue weighted by Gasteiger charge is -2.15. The quantitative estimate of drug-likeness (QED) is 0.316. The van der Waals surface area contributed by atoms with E-state index in [-0.39, 0.29) is 12.4 Å². The van der Waals surface area contributed by atoms with Gasteiger partial charge in [0.25, 0.3) is 0 Å². The predicted molar refractivity (Wildman–Crippen MR) is 81.1 cm³/mol. The molecule has 0 rings (SSSR count). The molecule has 0 aliphatic heterocycles. The normalized spacial score (nSPS) is 11.3. The predicted octanol–water partition coefficient (Wildman–Crippen LogP) is 2.74. The maximum atomic E-state index is 11.5. The van der Waals surface area contributed by atoms with E-state index in [2.05, 4.69) is 19.6 Å². The summed E-state index contributed by atoms with van der Waals surface area (Å²) in [5, 5.41) is 10.2. The van der Waals surface area contributed by atoms with Crippen molar-refractivity contribution in [1.29, 1.82) is 0 Å². The van der Waals surface area contributed by atoms with Gasteiger partial charge >= 0.3 is 5.97 Å². The van der Waals surface area contributed by atoms with Gasteiger partial charge in [-0.05, 0) is 25.3 Å². The minimum absolute atomic E-state index is 0.0831. The molecule has 4 nitrogen and oxygen atoms in total. The van der Waals surface area contributed by atoms with Gasteiger partial charge < -0.3 is 14.6 Å². The molecule has 0 bridgehead atoms. The van der Waals surface area contributed by atoms with Crippen LogP contribution < -0.4 is 5.11 Å². The Bertz CT molecular complexity index is 284. The van der Waals surface area contributed by atoms with Crippen LogP contribution >= 0.6 is 0 Å². The molecule has 0 aromatic heterocycles. The molecule has 0 aromatic rings. The molecule has 118 valence electrons. The Morgan fingerprint density at radius 2 is 1.40 bits per heavy atom. The summed E-state index contributed by atoms with van der Waals surface area (Å²) in [6, 6.07) is 1.02. The van der Waals surface area contributed by atoms with Crippen LogP contribution in [0.2, 0.25) is 25.7 Å². The smallest absolute Gasteiger partial charge is 0.305 e. The number of carboxylic acid groups (broad SMARTS) is 1. The Morgan fingerprint density at radius 1 is 0.900 bits per heavy atom. The first-order valence-electron chi connectivity index (χ1n) is 7.67. The second-order valence-electron chi connectivity index (χ2n) is 6.52. The van der Waals surface area contributed by atoms with Crippen molar-refractivity contribution in [2.45, 2.75) is 77.1 Å². The third kappa shape index (κ3) is 15.2. The zero-order valence-corrected chi connectivity index (χ0v) is 14.2. The Balaban J connectivity index is 3.29. The number of hydrogen-bond donors (Lipinski definition) is 0. The number of ether oxygens (including phenoxy) is 1. The van der Waals surface area contributed by atoms with Gasteiger partial charge in [0.15, 0.2) is 0 Å². The van der Waals surface area contributed by atoms with Crippen LogP contribution in [0.3, 0.4) is 0 Å². The van der Waals surface area contributed by atoms with Crippen LogP contribution in [-0.2, 0) is 14.3 Å². The number of rotatable bonds is 12. The van der Waals surface area contributed by atoms with Crippen LogP contribution in [0.5, 0.6) is 0 Å². The topological polar surface area (TPSA) is 66.4 Å². The molecular weight excluding hydrogens is 272 g/mol. The second kappa shape index (κ2) is 10.9. The highest BCUT2D eigenvalue weighted by molar-refractivity contribution is 6.76. The van der Waals surface area contributed by atoms with E-state index in [4.69, 9.17) is 4.74 Å². The SMILES string of the molecule is C[Si](C)(C)CCOC(=O)CCCCCCCCC(=O)[O-].